The zero-order chi connectivity index (χ0) is 26.0. The SMILES string of the molecule is COc1ccc(CCN(Cc2ccc(OC)cc2)Cc2cc(C(=O)NCc3ccc(F)cc3)no2)cc1. The molecule has 0 radical (unpaired) electrons. The van der Waals surface area contributed by atoms with E-state index in [0.717, 1.165) is 35.6 Å². The average molecular weight is 504 g/mol. The lowest BCUT2D eigenvalue weighted by atomic mass is 10.1. The third-order valence-electron chi connectivity index (χ3n) is 5.98. The van der Waals surface area contributed by atoms with Gasteiger partial charge in [-0.2, -0.15) is 0 Å². The zero-order valence-corrected chi connectivity index (χ0v) is 20.9. The molecule has 0 saturated carbocycles. The van der Waals surface area contributed by atoms with E-state index in [1.165, 1.54) is 17.7 Å². The summed E-state index contributed by atoms with van der Waals surface area (Å²) >= 11 is 0. The molecule has 0 unspecified atom stereocenters. The summed E-state index contributed by atoms with van der Waals surface area (Å²) in [6.45, 7) is 2.21. The van der Waals surface area contributed by atoms with Crippen LogP contribution in [0.25, 0.3) is 0 Å². The van der Waals surface area contributed by atoms with E-state index in [4.69, 9.17) is 14.0 Å². The number of aromatic nitrogens is 1. The molecule has 0 aliphatic heterocycles. The molecule has 1 amide bonds. The minimum absolute atomic E-state index is 0.205. The van der Waals surface area contributed by atoms with Crippen molar-refractivity contribution in [1.29, 1.82) is 0 Å². The van der Waals surface area contributed by atoms with Crippen molar-refractivity contribution in [1.82, 2.24) is 15.4 Å². The number of hydrogen-bond acceptors (Lipinski definition) is 6. The second-order valence-corrected chi connectivity index (χ2v) is 8.64. The Balaban J connectivity index is 1.40. The number of benzene rings is 3. The number of methoxy groups -OCH3 is 2. The van der Waals surface area contributed by atoms with Crippen molar-refractivity contribution in [3.8, 4) is 11.5 Å². The fraction of sp³-hybridized carbons (Fsp3) is 0.241. The molecule has 1 heterocycles. The Morgan fingerprint density at radius 1 is 0.865 bits per heavy atom. The second kappa shape index (κ2) is 12.7. The van der Waals surface area contributed by atoms with E-state index in [9.17, 15) is 9.18 Å². The molecule has 1 aromatic heterocycles. The molecule has 0 bridgehead atoms. The summed E-state index contributed by atoms with van der Waals surface area (Å²) in [5.41, 5.74) is 3.32. The van der Waals surface area contributed by atoms with Crippen LogP contribution in [-0.2, 0) is 26.1 Å². The van der Waals surface area contributed by atoms with Gasteiger partial charge in [-0.05, 0) is 59.5 Å². The first-order valence-corrected chi connectivity index (χ1v) is 12.0. The van der Waals surface area contributed by atoms with Gasteiger partial charge < -0.3 is 19.3 Å². The molecule has 0 aliphatic rings. The van der Waals surface area contributed by atoms with Crippen LogP contribution in [0.4, 0.5) is 4.39 Å². The number of amides is 1. The highest BCUT2D eigenvalue weighted by atomic mass is 19.1. The van der Waals surface area contributed by atoms with Crippen LogP contribution in [0.3, 0.4) is 0 Å². The summed E-state index contributed by atoms with van der Waals surface area (Å²) in [6, 6.07) is 23.6. The Morgan fingerprint density at radius 3 is 2.08 bits per heavy atom. The first kappa shape index (κ1) is 25.9. The molecule has 0 spiro atoms. The molecule has 192 valence electrons. The molecule has 0 saturated heterocycles. The molecule has 0 atom stereocenters. The first-order chi connectivity index (χ1) is 18.0. The number of halogens is 1. The molecular formula is C29H30FN3O4. The van der Waals surface area contributed by atoms with Crippen molar-refractivity contribution < 1.29 is 23.2 Å². The predicted octanol–water partition coefficient (Wildman–Crippen LogP) is 5.01. The second-order valence-electron chi connectivity index (χ2n) is 8.64. The Morgan fingerprint density at radius 2 is 1.46 bits per heavy atom. The quantitative estimate of drug-likeness (QED) is 0.293. The van der Waals surface area contributed by atoms with Crippen molar-refractivity contribution in [2.45, 2.75) is 26.1 Å². The van der Waals surface area contributed by atoms with E-state index in [2.05, 4.69) is 27.5 Å². The fourth-order valence-corrected chi connectivity index (χ4v) is 3.87. The van der Waals surface area contributed by atoms with Crippen LogP contribution in [-0.4, -0.2) is 36.7 Å². The van der Waals surface area contributed by atoms with Crippen LogP contribution >= 0.6 is 0 Å². The van der Waals surface area contributed by atoms with Crippen molar-refractivity contribution in [3.05, 3.63) is 113 Å². The minimum Gasteiger partial charge on any atom is -0.497 e. The molecule has 37 heavy (non-hydrogen) atoms. The first-order valence-electron chi connectivity index (χ1n) is 12.0. The summed E-state index contributed by atoms with van der Waals surface area (Å²) in [7, 11) is 3.30. The third-order valence-corrected chi connectivity index (χ3v) is 5.98. The number of carbonyl (C=O) groups excluding carboxylic acids is 1. The van der Waals surface area contributed by atoms with E-state index in [0.29, 0.717) is 18.8 Å². The Kier molecular flexibility index (Phi) is 8.89. The zero-order valence-electron chi connectivity index (χ0n) is 20.9. The lowest BCUT2D eigenvalue weighted by Crippen LogP contribution is -2.25. The highest BCUT2D eigenvalue weighted by Crippen LogP contribution is 2.17. The van der Waals surface area contributed by atoms with E-state index >= 15 is 0 Å². The Hall–Kier alpha value is -4.17. The van der Waals surface area contributed by atoms with Gasteiger partial charge in [0.15, 0.2) is 11.5 Å². The van der Waals surface area contributed by atoms with Crippen molar-refractivity contribution in [3.63, 3.8) is 0 Å². The van der Waals surface area contributed by atoms with Gasteiger partial charge in [0.1, 0.15) is 17.3 Å². The largest absolute Gasteiger partial charge is 0.497 e. The van der Waals surface area contributed by atoms with Crippen molar-refractivity contribution in [2.24, 2.45) is 0 Å². The van der Waals surface area contributed by atoms with Gasteiger partial charge in [-0.3, -0.25) is 9.69 Å². The van der Waals surface area contributed by atoms with E-state index in [1.807, 2.05) is 36.4 Å². The maximum atomic E-state index is 13.1. The lowest BCUT2D eigenvalue weighted by molar-refractivity contribution is 0.0941. The van der Waals surface area contributed by atoms with Crippen LogP contribution in [0, 0.1) is 5.82 Å². The molecule has 0 aliphatic carbocycles. The normalized spacial score (nSPS) is 10.9. The topological polar surface area (TPSA) is 76.8 Å². The van der Waals surface area contributed by atoms with Crippen LogP contribution < -0.4 is 14.8 Å². The molecule has 3 aromatic carbocycles. The highest BCUT2D eigenvalue weighted by molar-refractivity contribution is 5.92. The van der Waals surface area contributed by atoms with Gasteiger partial charge in [0.25, 0.3) is 5.91 Å². The minimum atomic E-state index is -0.348. The van der Waals surface area contributed by atoms with Crippen LogP contribution in [0.2, 0.25) is 0 Å². The van der Waals surface area contributed by atoms with E-state index in [-0.39, 0.29) is 24.0 Å². The summed E-state index contributed by atoms with van der Waals surface area (Å²) in [5.74, 6) is 1.56. The Labute approximate surface area is 215 Å². The predicted molar refractivity (Wildman–Crippen MR) is 138 cm³/mol. The van der Waals surface area contributed by atoms with Crippen molar-refractivity contribution >= 4 is 5.91 Å². The van der Waals surface area contributed by atoms with Crippen molar-refractivity contribution in [2.75, 3.05) is 20.8 Å². The maximum absolute atomic E-state index is 13.1. The van der Waals surface area contributed by atoms with Gasteiger partial charge in [-0.25, -0.2) is 4.39 Å². The van der Waals surface area contributed by atoms with Crippen LogP contribution in [0.1, 0.15) is 32.9 Å². The molecule has 1 N–H and O–H groups in total. The van der Waals surface area contributed by atoms with Gasteiger partial charge in [-0.15, -0.1) is 0 Å². The summed E-state index contributed by atoms with van der Waals surface area (Å²) in [4.78, 5) is 14.8. The third kappa shape index (κ3) is 7.65. The number of nitrogens with one attached hydrogen (secondary N) is 1. The van der Waals surface area contributed by atoms with Gasteiger partial charge in [0.05, 0.1) is 20.8 Å². The Bertz CT molecular complexity index is 1270. The number of hydrogen-bond donors (Lipinski definition) is 1. The highest BCUT2D eigenvalue weighted by Gasteiger charge is 2.16. The van der Waals surface area contributed by atoms with E-state index in [1.54, 1.807) is 32.4 Å². The maximum Gasteiger partial charge on any atom is 0.273 e. The van der Waals surface area contributed by atoms with E-state index < -0.39 is 0 Å². The summed E-state index contributed by atoms with van der Waals surface area (Å²) in [6.07, 6.45) is 0.833. The summed E-state index contributed by atoms with van der Waals surface area (Å²) < 4.78 is 29.1. The molecule has 4 aromatic rings. The van der Waals surface area contributed by atoms with Gasteiger partial charge in [-0.1, -0.05) is 41.6 Å². The number of ether oxygens (including phenoxy) is 2. The molecule has 0 fully saturated rings. The van der Waals surface area contributed by atoms with Gasteiger partial charge >= 0.3 is 0 Å². The standard InChI is InChI=1S/C29H30FN3O4/c1-35-25-11-5-21(6-12-25)15-16-33(19-23-7-13-26(36-2)14-8-23)20-27-17-28(32-37-27)29(34)31-18-22-3-9-24(30)10-4-22/h3-14,17H,15-16,18-20H2,1-2H3,(H,31,34). The smallest absolute Gasteiger partial charge is 0.273 e. The van der Waals surface area contributed by atoms with Crippen LogP contribution in [0.15, 0.2) is 83.4 Å². The number of rotatable bonds is 12. The van der Waals surface area contributed by atoms with Crippen LogP contribution in [0.5, 0.6) is 11.5 Å². The fourth-order valence-electron chi connectivity index (χ4n) is 3.87. The molecular weight excluding hydrogens is 473 g/mol. The molecule has 7 nitrogen and oxygen atoms in total. The molecule has 4 rings (SSSR count). The number of carbonyl (C=O) groups is 1. The lowest BCUT2D eigenvalue weighted by Gasteiger charge is -2.21. The van der Waals surface area contributed by atoms with Gasteiger partial charge in [0.2, 0.25) is 0 Å². The summed E-state index contributed by atoms with van der Waals surface area (Å²) in [5, 5.41) is 6.75. The molecule has 8 heteroatoms. The average Bonchev–Trinajstić information content (AvgIpc) is 3.40. The van der Waals surface area contributed by atoms with Gasteiger partial charge in [0, 0.05) is 25.7 Å². The monoisotopic (exact) mass is 503 g/mol. The number of nitrogens with zero attached hydrogens (tertiary/aromatic N) is 2.